The Kier molecular flexibility index (Phi) is 9.79. The van der Waals surface area contributed by atoms with E-state index in [0.29, 0.717) is 0 Å². The monoisotopic (exact) mass is 542 g/mol. The minimum atomic E-state index is 0.734. The lowest BCUT2D eigenvalue weighted by atomic mass is 9.96. The zero-order valence-electron chi connectivity index (χ0n) is 24.2. The van der Waals surface area contributed by atoms with Crippen molar-refractivity contribution in [2.24, 2.45) is 0 Å². The number of hydrogen-bond donors (Lipinski definition) is 0. The number of hydrogen-bond acceptors (Lipinski definition) is 6. The largest absolute Gasteiger partial charge is 0.496 e. The molecule has 0 radical (unpaired) electrons. The van der Waals surface area contributed by atoms with E-state index in [0.717, 1.165) is 71.3 Å². The van der Waals surface area contributed by atoms with Crippen molar-refractivity contribution in [1.29, 1.82) is 0 Å². The van der Waals surface area contributed by atoms with E-state index >= 15 is 0 Å². The maximum atomic E-state index is 5.82. The van der Waals surface area contributed by atoms with Gasteiger partial charge in [0.15, 0.2) is 23.0 Å². The third kappa shape index (κ3) is 6.63. The Morgan fingerprint density at radius 3 is 0.900 bits per heavy atom. The third-order valence-electron chi connectivity index (χ3n) is 7.12. The predicted octanol–water partition coefficient (Wildman–Crippen LogP) is 6.98. The molecule has 0 spiro atoms. The number of ether oxygens (including phenoxy) is 6. The molecule has 40 heavy (non-hydrogen) atoms. The van der Waals surface area contributed by atoms with E-state index in [1.54, 1.807) is 42.7 Å². The van der Waals surface area contributed by atoms with Crippen LogP contribution < -0.4 is 28.4 Å². The fourth-order valence-corrected chi connectivity index (χ4v) is 4.88. The molecule has 0 N–H and O–H groups in total. The smallest absolute Gasteiger partial charge is 0.160 e. The summed E-state index contributed by atoms with van der Waals surface area (Å²) in [6.07, 6.45) is 3.50. The lowest BCUT2D eigenvalue weighted by molar-refractivity contribution is 0.354. The summed E-state index contributed by atoms with van der Waals surface area (Å²) >= 11 is 0. The zero-order valence-corrected chi connectivity index (χ0v) is 24.2. The molecule has 0 aliphatic carbocycles. The summed E-state index contributed by atoms with van der Waals surface area (Å²) in [7, 11) is 10.0. The highest BCUT2D eigenvalue weighted by Gasteiger charge is 2.14. The van der Waals surface area contributed by atoms with Crippen LogP contribution in [0.1, 0.15) is 22.3 Å². The van der Waals surface area contributed by atoms with Gasteiger partial charge in [0.2, 0.25) is 0 Å². The molecule has 210 valence electrons. The average Bonchev–Trinajstić information content (AvgIpc) is 3.02. The van der Waals surface area contributed by atoms with Gasteiger partial charge in [-0.15, -0.1) is 0 Å². The lowest BCUT2D eigenvalue weighted by Gasteiger charge is -2.15. The van der Waals surface area contributed by atoms with Gasteiger partial charge >= 0.3 is 0 Å². The van der Waals surface area contributed by atoms with Crippen molar-refractivity contribution in [3.8, 4) is 45.6 Å². The summed E-state index contributed by atoms with van der Waals surface area (Å²) in [5, 5.41) is 0. The summed E-state index contributed by atoms with van der Waals surface area (Å²) in [6.45, 7) is 0. The fraction of sp³-hybridized carbons (Fsp3) is 0.294. The van der Waals surface area contributed by atoms with Crippen LogP contribution in [0.5, 0.6) is 34.5 Å². The van der Waals surface area contributed by atoms with Crippen molar-refractivity contribution in [3.05, 3.63) is 95.1 Å². The highest BCUT2D eigenvalue weighted by atomic mass is 16.5. The highest BCUT2D eigenvalue weighted by molar-refractivity contribution is 5.76. The van der Waals surface area contributed by atoms with E-state index < -0.39 is 0 Å². The summed E-state index contributed by atoms with van der Waals surface area (Å²) in [5.74, 6) is 4.60. The van der Waals surface area contributed by atoms with Crippen molar-refractivity contribution in [3.63, 3.8) is 0 Å². The van der Waals surface area contributed by atoms with Crippen molar-refractivity contribution >= 4 is 0 Å². The Balaban J connectivity index is 1.49. The topological polar surface area (TPSA) is 55.4 Å². The van der Waals surface area contributed by atoms with Crippen molar-refractivity contribution < 1.29 is 28.4 Å². The van der Waals surface area contributed by atoms with Crippen molar-refractivity contribution in [2.45, 2.75) is 25.7 Å². The van der Waals surface area contributed by atoms with Crippen LogP contribution >= 0.6 is 0 Å². The first-order valence-corrected chi connectivity index (χ1v) is 13.3. The maximum absolute atomic E-state index is 5.82. The summed E-state index contributed by atoms with van der Waals surface area (Å²) in [5.41, 5.74) is 6.76. The molecule has 0 saturated carbocycles. The molecule has 6 heteroatoms. The standard InChI is InChI=1S/C34H38O6/c1-35-29-17-13-25(21-33(29)39-5)9-7-23-11-15-27(31(19-23)37-3)28-16-12-24(20-32(28)38-4)8-10-26-14-18-30(36-2)34(22-26)40-6/h11-22H,7-10H2,1-6H3. The van der Waals surface area contributed by atoms with E-state index in [4.69, 9.17) is 28.4 Å². The van der Waals surface area contributed by atoms with Crippen LogP contribution in [0.2, 0.25) is 0 Å². The molecule has 0 aromatic heterocycles. The van der Waals surface area contributed by atoms with Gasteiger partial charge in [0.1, 0.15) is 11.5 Å². The first-order valence-electron chi connectivity index (χ1n) is 13.3. The molecule has 0 amide bonds. The van der Waals surface area contributed by atoms with Crippen LogP contribution in [0.4, 0.5) is 0 Å². The minimum absolute atomic E-state index is 0.734. The van der Waals surface area contributed by atoms with Gasteiger partial charge in [0.25, 0.3) is 0 Å². The fourth-order valence-electron chi connectivity index (χ4n) is 4.88. The molecule has 6 nitrogen and oxygen atoms in total. The SMILES string of the molecule is COc1ccc(CCc2ccc(-c3ccc(CCc4ccc(OC)c(OC)c4)cc3OC)c(OC)c2)cc1OC. The van der Waals surface area contributed by atoms with Gasteiger partial charge in [-0.1, -0.05) is 36.4 Å². The zero-order chi connectivity index (χ0) is 28.5. The second-order valence-corrected chi connectivity index (χ2v) is 9.45. The van der Waals surface area contributed by atoms with Gasteiger partial charge in [0.05, 0.1) is 42.7 Å². The van der Waals surface area contributed by atoms with Crippen LogP contribution in [0, 0.1) is 0 Å². The molecule has 0 heterocycles. The molecular weight excluding hydrogens is 504 g/mol. The Morgan fingerprint density at radius 2 is 0.600 bits per heavy atom. The van der Waals surface area contributed by atoms with Gasteiger partial charge < -0.3 is 28.4 Å². The van der Waals surface area contributed by atoms with Crippen LogP contribution in [0.25, 0.3) is 11.1 Å². The molecule has 4 aromatic carbocycles. The second-order valence-electron chi connectivity index (χ2n) is 9.45. The number of rotatable bonds is 13. The molecule has 0 aliphatic rings. The molecule has 0 bridgehead atoms. The molecule has 0 atom stereocenters. The average molecular weight is 543 g/mol. The molecule has 0 fully saturated rings. The molecule has 0 unspecified atom stereocenters. The van der Waals surface area contributed by atoms with Gasteiger partial charge in [-0.3, -0.25) is 0 Å². The lowest BCUT2D eigenvalue weighted by Crippen LogP contribution is -1.98. The van der Waals surface area contributed by atoms with E-state index in [9.17, 15) is 0 Å². The first kappa shape index (κ1) is 28.7. The molecular formula is C34H38O6. The van der Waals surface area contributed by atoms with Crippen LogP contribution in [0.15, 0.2) is 72.8 Å². The molecule has 0 saturated heterocycles. The summed E-state index contributed by atoms with van der Waals surface area (Å²) in [4.78, 5) is 0. The third-order valence-corrected chi connectivity index (χ3v) is 7.12. The van der Waals surface area contributed by atoms with Crippen LogP contribution in [-0.4, -0.2) is 42.7 Å². The summed E-state index contributed by atoms with van der Waals surface area (Å²) < 4.78 is 33.3. The number of methoxy groups -OCH3 is 6. The summed E-state index contributed by atoms with van der Waals surface area (Å²) in [6, 6.07) is 24.9. The Morgan fingerprint density at radius 1 is 0.325 bits per heavy atom. The van der Waals surface area contributed by atoms with E-state index in [-0.39, 0.29) is 0 Å². The van der Waals surface area contributed by atoms with Crippen molar-refractivity contribution in [1.82, 2.24) is 0 Å². The van der Waals surface area contributed by atoms with Gasteiger partial charge in [-0.25, -0.2) is 0 Å². The maximum Gasteiger partial charge on any atom is 0.160 e. The van der Waals surface area contributed by atoms with E-state index in [2.05, 4.69) is 48.5 Å². The normalized spacial score (nSPS) is 10.7. The van der Waals surface area contributed by atoms with Gasteiger partial charge in [0, 0.05) is 11.1 Å². The van der Waals surface area contributed by atoms with E-state index in [1.165, 1.54) is 22.3 Å². The first-order chi connectivity index (χ1) is 19.5. The van der Waals surface area contributed by atoms with Crippen molar-refractivity contribution in [2.75, 3.05) is 42.7 Å². The molecule has 0 aliphatic heterocycles. The second kappa shape index (κ2) is 13.7. The Hall–Kier alpha value is -4.32. The minimum Gasteiger partial charge on any atom is -0.496 e. The molecule has 4 aromatic rings. The Labute approximate surface area is 237 Å². The number of aryl methyl sites for hydroxylation is 4. The highest BCUT2D eigenvalue weighted by Crippen LogP contribution is 2.38. The number of benzene rings is 4. The van der Waals surface area contributed by atoms with Crippen LogP contribution in [0.3, 0.4) is 0 Å². The van der Waals surface area contributed by atoms with Gasteiger partial charge in [-0.2, -0.15) is 0 Å². The van der Waals surface area contributed by atoms with Gasteiger partial charge in [-0.05, 0) is 84.3 Å². The quantitative estimate of drug-likeness (QED) is 0.182. The predicted molar refractivity (Wildman–Crippen MR) is 159 cm³/mol. The Bertz CT molecular complexity index is 1320. The van der Waals surface area contributed by atoms with E-state index in [1.807, 2.05) is 24.3 Å². The van der Waals surface area contributed by atoms with Crippen LogP contribution in [-0.2, 0) is 25.7 Å². The molecule has 4 rings (SSSR count).